The van der Waals surface area contributed by atoms with Crippen molar-refractivity contribution in [2.24, 2.45) is 0 Å². The maximum atomic E-state index is 10.9. The number of Topliss-reactive ketones (excluding diaryl/α,β-unsaturated/α-hetero) is 1. The molecule has 0 atom stereocenters. The molecule has 0 unspecified atom stereocenters. The maximum Gasteiger partial charge on any atom is 0.144 e. The zero-order valence-corrected chi connectivity index (χ0v) is 9.24. The van der Waals surface area contributed by atoms with E-state index in [1.807, 2.05) is 0 Å². The molecule has 0 fully saturated rings. The van der Waals surface area contributed by atoms with Gasteiger partial charge >= 0.3 is 0 Å². The normalized spacial score (nSPS) is 9.80. The summed E-state index contributed by atoms with van der Waals surface area (Å²) in [6, 6.07) is 0. The predicted molar refractivity (Wildman–Crippen MR) is 56.3 cm³/mol. The summed E-state index contributed by atoms with van der Waals surface area (Å²) in [6.45, 7) is 1.57. The Hall–Kier alpha value is -1.58. The second-order valence-corrected chi connectivity index (χ2v) is 3.22. The molecule has 1 aromatic heterocycles. The molecule has 0 saturated heterocycles. The molecule has 1 heterocycles. The largest absolute Gasteiger partial charge is 0.495 e. The zero-order valence-electron chi connectivity index (χ0n) is 9.24. The molecule has 0 aliphatic rings. The quantitative estimate of drug-likeness (QED) is 0.739. The lowest BCUT2D eigenvalue weighted by Gasteiger charge is -2.11. The van der Waals surface area contributed by atoms with E-state index in [1.165, 1.54) is 0 Å². The van der Waals surface area contributed by atoms with Gasteiger partial charge in [0.2, 0.25) is 0 Å². The zero-order chi connectivity index (χ0) is 11.3. The Kier molecular flexibility index (Phi) is 4.09. The van der Waals surface area contributed by atoms with Gasteiger partial charge < -0.3 is 14.3 Å². The number of hydrogen-bond acceptors (Lipinski definition) is 4. The van der Waals surface area contributed by atoms with E-state index in [-0.39, 0.29) is 5.78 Å². The monoisotopic (exact) mass is 209 g/mol. The van der Waals surface area contributed by atoms with Gasteiger partial charge in [-0.05, 0) is 13.3 Å². The summed E-state index contributed by atoms with van der Waals surface area (Å²) < 4.78 is 10.3. The topological polar surface area (TPSA) is 48.4 Å². The number of rotatable bonds is 5. The van der Waals surface area contributed by atoms with Crippen LogP contribution < -0.4 is 9.47 Å². The second-order valence-electron chi connectivity index (χ2n) is 3.22. The highest BCUT2D eigenvalue weighted by Crippen LogP contribution is 2.27. The van der Waals surface area contributed by atoms with E-state index in [0.29, 0.717) is 24.3 Å². The Morgan fingerprint density at radius 1 is 1.27 bits per heavy atom. The van der Waals surface area contributed by atoms with Crippen molar-refractivity contribution in [1.29, 1.82) is 0 Å². The molecule has 4 nitrogen and oxygen atoms in total. The van der Waals surface area contributed by atoms with Gasteiger partial charge in [0.15, 0.2) is 0 Å². The minimum Gasteiger partial charge on any atom is -0.495 e. The van der Waals surface area contributed by atoms with Crippen LogP contribution in [-0.4, -0.2) is 25.0 Å². The average molecular weight is 209 g/mol. The van der Waals surface area contributed by atoms with Gasteiger partial charge in [-0.2, -0.15) is 0 Å². The molecule has 0 N–H and O–H groups in total. The minimum absolute atomic E-state index is 0.149. The van der Waals surface area contributed by atoms with Crippen LogP contribution in [0.2, 0.25) is 0 Å². The van der Waals surface area contributed by atoms with E-state index in [2.05, 4.69) is 4.98 Å². The van der Waals surface area contributed by atoms with Gasteiger partial charge in [0.25, 0.3) is 0 Å². The first kappa shape index (κ1) is 11.5. The molecule has 4 heteroatoms. The number of carbonyl (C=O) groups is 1. The third-order valence-electron chi connectivity index (χ3n) is 2.15. The van der Waals surface area contributed by atoms with Crippen LogP contribution in [-0.2, 0) is 11.2 Å². The maximum absolute atomic E-state index is 10.9. The number of hydrogen-bond donors (Lipinski definition) is 0. The first-order chi connectivity index (χ1) is 7.19. The Balaban J connectivity index is 2.94. The first-order valence-electron chi connectivity index (χ1n) is 4.73. The van der Waals surface area contributed by atoms with Gasteiger partial charge in [-0.3, -0.25) is 4.98 Å². The van der Waals surface area contributed by atoms with Crippen LogP contribution in [0.15, 0.2) is 12.4 Å². The van der Waals surface area contributed by atoms with Gasteiger partial charge in [-0.15, -0.1) is 0 Å². The van der Waals surface area contributed by atoms with E-state index in [0.717, 1.165) is 5.56 Å². The van der Waals surface area contributed by atoms with Crippen molar-refractivity contribution in [2.45, 2.75) is 19.8 Å². The summed E-state index contributed by atoms with van der Waals surface area (Å²) >= 11 is 0. The number of pyridine rings is 1. The molecule has 0 amide bonds. The molecule has 82 valence electrons. The number of carbonyl (C=O) groups excluding carboxylic acids is 1. The van der Waals surface area contributed by atoms with Crippen LogP contribution in [0.5, 0.6) is 11.5 Å². The number of aromatic nitrogens is 1. The Labute approximate surface area is 89.2 Å². The smallest absolute Gasteiger partial charge is 0.144 e. The highest BCUT2D eigenvalue weighted by atomic mass is 16.5. The number of ether oxygens (including phenoxy) is 2. The molecule has 0 spiro atoms. The van der Waals surface area contributed by atoms with Gasteiger partial charge in [0, 0.05) is 12.0 Å². The summed E-state index contributed by atoms with van der Waals surface area (Å²) in [5.41, 5.74) is 0.894. The van der Waals surface area contributed by atoms with Crippen molar-refractivity contribution in [2.75, 3.05) is 14.2 Å². The van der Waals surface area contributed by atoms with Gasteiger partial charge in [-0.1, -0.05) is 0 Å². The summed E-state index contributed by atoms with van der Waals surface area (Å²) in [5.74, 6) is 1.47. The summed E-state index contributed by atoms with van der Waals surface area (Å²) in [6.07, 6.45) is 4.34. The van der Waals surface area contributed by atoms with Crippen molar-refractivity contribution in [3.05, 3.63) is 18.0 Å². The van der Waals surface area contributed by atoms with Crippen molar-refractivity contribution >= 4 is 5.78 Å². The van der Waals surface area contributed by atoms with E-state index in [4.69, 9.17) is 9.47 Å². The van der Waals surface area contributed by atoms with Crippen molar-refractivity contribution in [3.63, 3.8) is 0 Å². The van der Waals surface area contributed by atoms with Gasteiger partial charge in [-0.25, -0.2) is 0 Å². The number of nitrogens with zero attached hydrogens (tertiary/aromatic N) is 1. The summed E-state index contributed by atoms with van der Waals surface area (Å²) in [5, 5.41) is 0. The standard InChI is InChI=1S/C11H15NO3/c1-8(13)4-5-9-10(14-2)6-12-7-11(9)15-3/h6-7H,4-5H2,1-3H3. The molecular formula is C11H15NO3. The Morgan fingerprint density at radius 3 is 2.20 bits per heavy atom. The van der Waals surface area contributed by atoms with Crippen LogP contribution in [0.1, 0.15) is 18.9 Å². The molecule has 1 rings (SSSR count). The van der Waals surface area contributed by atoms with Crippen molar-refractivity contribution in [3.8, 4) is 11.5 Å². The Bertz CT molecular complexity index is 327. The highest BCUT2D eigenvalue weighted by Gasteiger charge is 2.10. The first-order valence-corrected chi connectivity index (χ1v) is 4.73. The number of methoxy groups -OCH3 is 2. The van der Waals surface area contributed by atoms with Crippen molar-refractivity contribution in [1.82, 2.24) is 4.98 Å². The fraction of sp³-hybridized carbons (Fsp3) is 0.455. The molecule has 0 bridgehead atoms. The fourth-order valence-corrected chi connectivity index (χ4v) is 1.35. The molecule has 15 heavy (non-hydrogen) atoms. The summed E-state index contributed by atoms with van der Waals surface area (Å²) in [4.78, 5) is 14.9. The lowest BCUT2D eigenvalue weighted by Crippen LogP contribution is -2.01. The minimum atomic E-state index is 0.149. The average Bonchev–Trinajstić information content (AvgIpc) is 2.25. The fourth-order valence-electron chi connectivity index (χ4n) is 1.35. The summed E-state index contributed by atoms with van der Waals surface area (Å²) in [7, 11) is 3.15. The van der Waals surface area contributed by atoms with Crippen molar-refractivity contribution < 1.29 is 14.3 Å². The molecule has 0 aromatic carbocycles. The lowest BCUT2D eigenvalue weighted by molar-refractivity contribution is -0.116. The Morgan fingerprint density at radius 2 is 1.80 bits per heavy atom. The van der Waals surface area contributed by atoms with Gasteiger partial charge in [0.1, 0.15) is 17.3 Å². The number of ketones is 1. The van der Waals surface area contributed by atoms with Crippen LogP contribution in [0.25, 0.3) is 0 Å². The molecular weight excluding hydrogens is 194 g/mol. The van der Waals surface area contributed by atoms with Crippen LogP contribution in [0.3, 0.4) is 0 Å². The van der Waals surface area contributed by atoms with E-state index in [9.17, 15) is 4.79 Å². The van der Waals surface area contributed by atoms with E-state index < -0.39 is 0 Å². The van der Waals surface area contributed by atoms with E-state index in [1.54, 1.807) is 33.5 Å². The SMILES string of the molecule is COc1cncc(OC)c1CCC(C)=O. The molecule has 1 aromatic rings. The second kappa shape index (κ2) is 5.34. The van der Waals surface area contributed by atoms with Crippen LogP contribution in [0.4, 0.5) is 0 Å². The van der Waals surface area contributed by atoms with Crippen LogP contribution >= 0.6 is 0 Å². The highest BCUT2D eigenvalue weighted by molar-refractivity contribution is 5.76. The van der Waals surface area contributed by atoms with Gasteiger partial charge in [0.05, 0.1) is 26.6 Å². The molecule has 0 aliphatic carbocycles. The third-order valence-corrected chi connectivity index (χ3v) is 2.15. The molecule has 0 saturated carbocycles. The molecule has 0 radical (unpaired) electrons. The predicted octanol–water partition coefficient (Wildman–Crippen LogP) is 1.62. The van der Waals surface area contributed by atoms with Crippen LogP contribution in [0, 0.1) is 0 Å². The van der Waals surface area contributed by atoms with E-state index >= 15 is 0 Å². The lowest BCUT2D eigenvalue weighted by atomic mass is 10.1. The molecule has 0 aliphatic heterocycles. The third kappa shape index (κ3) is 2.94.